The van der Waals surface area contributed by atoms with E-state index in [0.29, 0.717) is 13.1 Å². The fraction of sp³-hybridized carbons (Fsp3) is 0.867. The number of carbonyl (C=O) groups is 2. The number of nitrogens with zero attached hydrogens (tertiary/aromatic N) is 2. The maximum absolute atomic E-state index is 12.8. The van der Waals surface area contributed by atoms with Gasteiger partial charge in [-0.3, -0.25) is 9.59 Å². The van der Waals surface area contributed by atoms with Crippen molar-refractivity contribution in [1.82, 2.24) is 9.80 Å². The number of ether oxygens (including phenoxy) is 1. The van der Waals surface area contributed by atoms with Crippen molar-refractivity contribution in [1.29, 1.82) is 0 Å². The predicted octanol–water partition coefficient (Wildman–Crippen LogP) is 0.419. The predicted molar refractivity (Wildman–Crippen MR) is 75.8 cm³/mol. The minimum Gasteiger partial charge on any atom is -0.481 e. The Balaban J connectivity index is 1.72. The molecule has 3 aliphatic heterocycles. The van der Waals surface area contributed by atoms with Crippen LogP contribution < -0.4 is 0 Å². The van der Waals surface area contributed by atoms with Gasteiger partial charge in [0.2, 0.25) is 5.91 Å². The summed E-state index contributed by atoms with van der Waals surface area (Å²) in [6, 6.07) is 0. The fourth-order valence-electron chi connectivity index (χ4n) is 3.99. The van der Waals surface area contributed by atoms with Gasteiger partial charge in [-0.05, 0) is 25.8 Å². The Hall–Kier alpha value is -1.14. The molecule has 3 heterocycles. The molecule has 3 saturated heterocycles. The Kier molecular flexibility index (Phi) is 4.17. The number of likely N-dealkylation sites (N-methyl/N-ethyl adjacent to an activating group) is 1. The van der Waals surface area contributed by atoms with Crippen molar-refractivity contribution in [3.63, 3.8) is 0 Å². The van der Waals surface area contributed by atoms with E-state index in [4.69, 9.17) is 4.74 Å². The van der Waals surface area contributed by atoms with Gasteiger partial charge < -0.3 is 19.6 Å². The summed E-state index contributed by atoms with van der Waals surface area (Å²) in [7, 11) is 0. The van der Waals surface area contributed by atoms with Crippen LogP contribution in [0.25, 0.3) is 0 Å². The molecule has 0 aromatic heterocycles. The zero-order valence-corrected chi connectivity index (χ0v) is 12.5. The van der Waals surface area contributed by atoms with Crippen LogP contribution in [0.5, 0.6) is 0 Å². The van der Waals surface area contributed by atoms with E-state index in [0.717, 1.165) is 38.9 Å². The van der Waals surface area contributed by atoms with Gasteiger partial charge in [0.1, 0.15) is 0 Å². The fourth-order valence-corrected chi connectivity index (χ4v) is 3.99. The Morgan fingerprint density at radius 2 is 1.71 bits per heavy atom. The molecule has 0 radical (unpaired) electrons. The molecular weight excluding hydrogens is 272 g/mol. The summed E-state index contributed by atoms with van der Waals surface area (Å²) in [4.78, 5) is 28.5. The highest BCUT2D eigenvalue weighted by molar-refractivity contribution is 5.86. The molecule has 0 spiro atoms. The molecule has 3 rings (SSSR count). The molecule has 0 unspecified atom stereocenters. The van der Waals surface area contributed by atoms with Gasteiger partial charge in [0, 0.05) is 26.2 Å². The first-order valence-corrected chi connectivity index (χ1v) is 8.01. The topological polar surface area (TPSA) is 70.1 Å². The average molecular weight is 296 g/mol. The van der Waals surface area contributed by atoms with Crippen molar-refractivity contribution in [2.75, 3.05) is 32.7 Å². The molecule has 1 N–H and O–H groups in total. The number of aliphatic carboxylic acids is 1. The molecule has 21 heavy (non-hydrogen) atoms. The van der Waals surface area contributed by atoms with Gasteiger partial charge in [0.05, 0.1) is 24.0 Å². The van der Waals surface area contributed by atoms with Crippen molar-refractivity contribution in [3.8, 4) is 0 Å². The number of piperazine rings is 1. The monoisotopic (exact) mass is 296 g/mol. The lowest BCUT2D eigenvalue weighted by atomic mass is 9.86. The third-order valence-electron chi connectivity index (χ3n) is 5.22. The highest BCUT2D eigenvalue weighted by Gasteiger charge is 2.54. The van der Waals surface area contributed by atoms with Crippen molar-refractivity contribution in [3.05, 3.63) is 0 Å². The minimum atomic E-state index is -0.880. The second-order valence-electron chi connectivity index (χ2n) is 6.29. The molecule has 6 nitrogen and oxygen atoms in total. The summed E-state index contributed by atoms with van der Waals surface area (Å²) >= 11 is 0. The number of fused-ring (bicyclic) bond motifs is 2. The third kappa shape index (κ3) is 2.66. The summed E-state index contributed by atoms with van der Waals surface area (Å²) in [5.41, 5.74) is 0. The lowest BCUT2D eigenvalue weighted by molar-refractivity contribution is -0.150. The number of carbonyl (C=O) groups excluding carboxylic acids is 1. The molecule has 3 aliphatic rings. The van der Waals surface area contributed by atoms with Crippen molar-refractivity contribution in [2.24, 2.45) is 11.8 Å². The quantitative estimate of drug-likeness (QED) is 0.817. The van der Waals surface area contributed by atoms with E-state index >= 15 is 0 Å². The van der Waals surface area contributed by atoms with Gasteiger partial charge in [-0.25, -0.2) is 0 Å². The zero-order valence-electron chi connectivity index (χ0n) is 12.5. The molecule has 118 valence electrons. The first-order valence-electron chi connectivity index (χ1n) is 8.01. The van der Waals surface area contributed by atoms with Gasteiger partial charge in [-0.1, -0.05) is 6.92 Å². The molecular formula is C15H24N2O4. The molecule has 0 aromatic carbocycles. The third-order valence-corrected chi connectivity index (χ3v) is 5.22. The van der Waals surface area contributed by atoms with Crippen LogP contribution in [0.3, 0.4) is 0 Å². The van der Waals surface area contributed by atoms with E-state index in [1.54, 1.807) is 0 Å². The van der Waals surface area contributed by atoms with Crippen molar-refractivity contribution < 1.29 is 19.4 Å². The van der Waals surface area contributed by atoms with E-state index in [2.05, 4.69) is 11.8 Å². The zero-order chi connectivity index (χ0) is 15.0. The summed E-state index contributed by atoms with van der Waals surface area (Å²) in [5.74, 6) is -2.03. The maximum atomic E-state index is 12.8. The highest BCUT2D eigenvalue weighted by atomic mass is 16.5. The van der Waals surface area contributed by atoms with Gasteiger partial charge in [0.15, 0.2) is 0 Å². The van der Waals surface area contributed by atoms with Crippen LogP contribution in [0, 0.1) is 11.8 Å². The van der Waals surface area contributed by atoms with Crippen molar-refractivity contribution in [2.45, 2.75) is 38.4 Å². The Bertz CT molecular complexity index is 420. The van der Waals surface area contributed by atoms with Crippen LogP contribution in [-0.2, 0) is 14.3 Å². The standard InChI is InChI=1S/C15H24N2O4/c1-2-16-6-8-17(9-7-16)14(18)12-10-4-3-5-11(21-10)13(12)15(19)20/h10-13H,2-9H2,1H3,(H,19,20)/t10-,11+,12-,13+/m0/s1. The molecule has 3 fully saturated rings. The van der Waals surface area contributed by atoms with Crippen LogP contribution in [0.1, 0.15) is 26.2 Å². The number of rotatable bonds is 3. The van der Waals surface area contributed by atoms with Gasteiger partial charge in [-0.15, -0.1) is 0 Å². The lowest BCUT2D eigenvalue weighted by Crippen LogP contribution is -2.52. The number of carboxylic acid groups (broad SMARTS) is 1. The number of amides is 1. The molecule has 2 bridgehead atoms. The van der Waals surface area contributed by atoms with E-state index in [-0.39, 0.29) is 18.1 Å². The van der Waals surface area contributed by atoms with Crippen molar-refractivity contribution >= 4 is 11.9 Å². The van der Waals surface area contributed by atoms with Crippen LogP contribution in [0.15, 0.2) is 0 Å². The largest absolute Gasteiger partial charge is 0.481 e. The summed E-state index contributed by atoms with van der Waals surface area (Å²) in [6.07, 6.45) is 2.08. The summed E-state index contributed by atoms with van der Waals surface area (Å²) < 4.78 is 5.80. The molecule has 0 aliphatic carbocycles. The van der Waals surface area contributed by atoms with E-state index in [9.17, 15) is 14.7 Å². The number of carboxylic acids is 1. The number of hydrogen-bond acceptors (Lipinski definition) is 4. The maximum Gasteiger partial charge on any atom is 0.310 e. The smallest absolute Gasteiger partial charge is 0.310 e. The normalized spacial score (nSPS) is 36.7. The van der Waals surface area contributed by atoms with E-state index in [1.807, 2.05) is 4.90 Å². The Labute approximate surface area is 125 Å². The molecule has 0 aromatic rings. The molecule has 1 amide bonds. The first-order chi connectivity index (χ1) is 10.1. The second kappa shape index (κ2) is 5.93. The van der Waals surface area contributed by atoms with Gasteiger partial charge in [-0.2, -0.15) is 0 Å². The first kappa shape index (κ1) is 14.8. The Morgan fingerprint density at radius 1 is 1.10 bits per heavy atom. The molecule has 0 saturated carbocycles. The lowest BCUT2D eigenvalue weighted by Gasteiger charge is -2.36. The highest BCUT2D eigenvalue weighted by Crippen LogP contribution is 2.42. The SMILES string of the molecule is CCN1CCN(C(=O)[C@@H]2[C@H](C(=O)O)[C@H]3CCC[C@@H]2O3)CC1. The van der Waals surface area contributed by atoms with Gasteiger partial charge in [0.25, 0.3) is 0 Å². The summed E-state index contributed by atoms with van der Waals surface area (Å²) in [6.45, 7) is 6.27. The average Bonchev–Trinajstić information content (AvgIpc) is 2.77. The Morgan fingerprint density at radius 3 is 2.29 bits per heavy atom. The second-order valence-corrected chi connectivity index (χ2v) is 6.29. The van der Waals surface area contributed by atoms with Crippen LogP contribution >= 0.6 is 0 Å². The van der Waals surface area contributed by atoms with Crippen LogP contribution in [0.2, 0.25) is 0 Å². The van der Waals surface area contributed by atoms with Gasteiger partial charge >= 0.3 is 5.97 Å². The minimum absolute atomic E-state index is 0.00690. The molecule has 4 atom stereocenters. The number of hydrogen-bond donors (Lipinski definition) is 1. The van der Waals surface area contributed by atoms with Crippen LogP contribution in [-0.4, -0.2) is 71.7 Å². The molecule has 6 heteroatoms. The van der Waals surface area contributed by atoms with Crippen LogP contribution in [0.4, 0.5) is 0 Å². The van der Waals surface area contributed by atoms with E-state index in [1.165, 1.54) is 0 Å². The van der Waals surface area contributed by atoms with E-state index < -0.39 is 17.8 Å². The summed E-state index contributed by atoms with van der Waals surface area (Å²) in [5, 5.41) is 9.50.